The van der Waals surface area contributed by atoms with Crippen molar-refractivity contribution in [2.75, 3.05) is 39.2 Å². The molecule has 8 nitrogen and oxygen atoms in total. The van der Waals surface area contributed by atoms with Crippen LogP contribution in [0.5, 0.6) is 11.5 Å². The van der Waals surface area contributed by atoms with Gasteiger partial charge in [-0.1, -0.05) is 6.92 Å². The number of nitrogens with zero attached hydrogens (tertiary/aromatic N) is 4. The molecule has 0 aliphatic carbocycles. The molecule has 198 valence electrons. The molecule has 0 radical (unpaired) electrons. The van der Waals surface area contributed by atoms with Crippen LogP contribution in [0.15, 0.2) is 54.7 Å². The second-order valence-corrected chi connectivity index (χ2v) is 10.4. The molecule has 0 amide bonds. The Labute approximate surface area is 221 Å². The van der Waals surface area contributed by atoms with E-state index in [9.17, 15) is 9.18 Å². The number of aromatic nitrogens is 3. The molecule has 9 heteroatoms. The number of pyridine rings is 1. The van der Waals surface area contributed by atoms with Crippen molar-refractivity contribution in [3.8, 4) is 11.5 Å². The van der Waals surface area contributed by atoms with Gasteiger partial charge in [0, 0.05) is 43.1 Å². The number of anilines is 2. The van der Waals surface area contributed by atoms with Gasteiger partial charge in [-0.05, 0) is 62.5 Å². The number of benzene rings is 2. The Hall–Kier alpha value is -3.82. The smallest absolute Gasteiger partial charge is 0.208 e. The Bertz CT molecular complexity index is 1480. The number of rotatable bonds is 9. The van der Waals surface area contributed by atoms with Crippen molar-refractivity contribution in [3.05, 3.63) is 71.8 Å². The van der Waals surface area contributed by atoms with Gasteiger partial charge < -0.3 is 24.3 Å². The molecule has 5 rings (SSSR count). The summed E-state index contributed by atoms with van der Waals surface area (Å²) >= 11 is 0. The van der Waals surface area contributed by atoms with Gasteiger partial charge in [-0.2, -0.15) is 0 Å². The van der Waals surface area contributed by atoms with Gasteiger partial charge in [-0.15, -0.1) is 0 Å². The van der Waals surface area contributed by atoms with Crippen molar-refractivity contribution < 1.29 is 18.7 Å². The van der Waals surface area contributed by atoms with Crippen molar-refractivity contribution in [2.24, 2.45) is 7.05 Å². The Kier molecular flexibility index (Phi) is 7.14. The van der Waals surface area contributed by atoms with Crippen LogP contribution >= 0.6 is 0 Å². The zero-order valence-corrected chi connectivity index (χ0v) is 22.1. The average Bonchev–Trinajstić information content (AvgIpc) is 3.43. The monoisotopic (exact) mass is 517 g/mol. The van der Waals surface area contributed by atoms with Gasteiger partial charge in [0.15, 0.2) is 5.78 Å². The first-order chi connectivity index (χ1) is 18.2. The maximum absolute atomic E-state index is 14.7. The van der Waals surface area contributed by atoms with E-state index in [1.54, 1.807) is 24.4 Å². The molecule has 1 saturated heterocycles. The number of ketones is 1. The molecule has 0 saturated carbocycles. The highest BCUT2D eigenvalue weighted by Crippen LogP contribution is 2.36. The van der Waals surface area contributed by atoms with Crippen molar-refractivity contribution in [1.29, 1.82) is 0 Å². The van der Waals surface area contributed by atoms with Crippen molar-refractivity contribution in [3.63, 3.8) is 0 Å². The van der Waals surface area contributed by atoms with E-state index in [-0.39, 0.29) is 23.4 Å². The van der Waals surface area contributed by atoms with Crippen LogP contribution in [0.1, 0.15) is 24.6 Å². The molecule has 1 aliphatic heterocycles. The van der Waals surface area contributed by atoms with Crippen LogP contribution in [0, 0.1) is 5.82 Å². The summed E-state index contributed by atoms with van der Waals surface area (Å²) in [6, 6.07) is 14.3. The molecular weight excluding hydrogens is 485 g/mol. The minimum absolute atomic E-state index is 0.0912. The van der Waals surface area contributed by atoms with Crippen molar-refractivity contribution in [1.82, 2.24) is 19.4 Å². The highest BCUT2D eigenvalue weighted by molar-refractivity contribution is 5.82. The van der Waals surface area contributed by atoms with E-state index >= 15 is 0 Å². The maximum atomic E-state index is 14.7. The Morgan fingerprint density at radius 3 is 2.76 bits per heavy atom. The second kappa shape index (κ2) is 10.5. The van der Waals surface area contributed by atoms with Gasteiger partial charge in [0.1, 0.15) is 17.3 Å². The van der Waals surface area contributed by atoms with Gasteiger partial charge in [0.05, 0.1) is 36.3 Å². The quantitative estimate of drug-likeness (QED) is 0.335. The highest BCUT2D eigenvalue weighted by atomic mass is 19.1. The minimum atomic E-state index is -0.340. The molecular formula is C29H32FN5O3. The predicted molar refractivity (Wildman–Crippen MR) is 145 cm³/mol. The third-order valence-electron chi connectivity index (χ3n) is 6.84. The summed E-state index contributed by atoms with van der Waals surface area (Å²) < 4.78 is 28.2. The maximum Gasteiger partial charge on any atom is 0.208 e. The number of hydrogen-bond donors (Lipinski definition) is 1. The molecule has 0 spiro atoms. The summed E-state index contributed by atoms with van der Waals surface area (Å²) in [5, 5.41) is 3.34. The predicted octanol–water partition coefficient (Wildman–Crippen LogP) is 4.99. The number of aryl methyl sites for hydroxylation is 1. The number of likely N-dealkylation sites (N-methyl/N-ethyl adjacent to an activating group) is 1. The number of nitrogens with one attached hydrogen (secondary N) is 1. The molecule has 2 aromatic carbocycles. The minimum Gasteiger partial charge on any atom is -0.457 e. The lowest BCUT2D eigenvalue weighted by molar-refractivity contribution is -0.119. The largest absolute Gasteiger partial charge is 0.457 e. The molecule has 1 aliphatic rings. The third-order valence-corrected chi connectivity index (χ3v) is 6.84. The molecule has 1 fully saturated rings. The fraction of sp³-hybridized carbons (Fsp3) is 0.345. The molecule has 4 aromatic rings. The van der Waals surface area contributed by atoms with Gasteiger partial charge >= 0.3 is 0 Å². The lowest BCUT2D eigenvalue weighted by atomic mass is 9.81. The van der Waals surface area contributed by atoms with Crippen LogP contribution in [0.4, 0.5) is 16.0 Å². The van der Waals surface area contributed by atoms with Gasteiger partial charge in [0.25, 0.3) is 0 Å². The van der Waals surface area contributed by atoms with E-state index in [0.29, 0.717) is 48.5 Å². The zero-order valence-electron chi connectivity index (χ0n) is 22.1. The van der Waals surface area contributed by atoms with E-state index < -0.39 is 0 Å². The van der Waals surface area contributed by atoms with E-state index in [1.807, 2.05) is 61.8 Å². The number of carbonyl (C=O) groups is 1. The first-order valence-corrected chi connectivity index (χ1v) is 12.6. The third kappa shape index (κ3) is 5.54. The topological polar surface area (TPSA) is 81.5 Å². The molecule has 0 bridgehead atoms. The summed E-state index contributed by atoms with van der Waals surface area (Å²) in [5.74, 6) is 1.72. The lowest BCUT2D eigenvalue weighted by Gasteiger charge is -2.23. The van der Waals surface area contributed by atoms with Crippen LogP contribution in [-0.2, 0) is 28.4 Å². The van der Waals surface area contributed by atoms with E-state index in [1.165, 1.54) is 6.07 Å². The normalized spacial score (nSPS) is 17.3. The van der Waals surface area contributed by atoms with Crippen LogP contribution in [0.25, 0.3) is 11.0 Å². The van der Waals surface area contributed by atoms with Crippen LogP contribution < -0.4 is 10.1 Å². The summed E-state index contributed by atoms with van der Waals surface area (Å²) in [4.78, 5) is 23.1. The summed E-state index contributed by atoms with van der Waals surface area (Å²) in [7, 11) is 5.65. The average molecular weight is 518 g/mol. The molecule has 3 heterocycles. The van der Waals surface area contributed by atoms with E-state index in [0.717, 1.165) is 23.1 Å². The molecule has 38 heavy (non-hydrogen) atoms. The van der Waals surface area contributed by atoms with E-state index in [2.05, 4.69) is 10.3 Å². The summed E-state index contributed by atoms with van der Waals surface area (Å²) in [6.07, 6.45) is 2.68. The van der Waals surface area contributed by atoms with Crippen LogP contribution in [-0.4, -0.2) is 59.1 Å². The number of fused-ring (bicyclic) bond motifs is 1. The van der Waals surface area contributed by atoms with Crippen molar-refractivity contribution in [2.45, 2.75) is 25.2 Å². The molecule has 2 aromatic heterocycles. The summed E-state index contributed by atoms with van der Waals surface area (Å²) in [5.41, 5.74) is 3.40. The fourth-order valence-electron chi connectivity index (χ4n) is 4.79. The summed E-state index contributed by atoms with van der Waals surface area (Å²) in [6.45, 7) is 3.55. The zero-order chi connectivity index (χ0) is 26.9. The van der Waals surface area contributed by atoms with E-state index in [4.69, 9.17) is 14.5 Å². The first kappa shape index (κ1) is 25.8. The number of imidazole rings is 1. The molecule has 1 atom stereocenters. The molecule has 1 unspecified atom stereocenters. The fourth-order valence-corrected chi connectivity index (χ4v) is 4.79. The van der Waals surface area contributed by atoms with Gasteiger partial charge in [0.2, 0.25) is 5.95 Å². The molecule has 1 N–H and O–H groups in total. The second-order valence-electron chi connectivity index (χ2n) is 10.4. The van der Waals surface area contributed by atoms with Crippen LogP contribution in [0.3, 0.4) is 0 Å². The Morgan fingerprint density at radius 2 is 2.00 bits per heavy atom. The SMILES string of the molecule is CN(C)CC(=O)Cc1cc(Oc2ccc3c(c2)nc(Nc2ccc(F)c(C4(C)CCOC4)c2)n3C)ccn1. The standard InChI is InChI=1S/C29H32FN5O3/c1-29(10-12-37-18-29)24-15-19(5-7-25(24)30)32-28-33-26-16-22(6-8-27(26)35(28)4)38-23-9-11-31-20(14-23)13-21(36)17-34(2)3/h5-9,11,14-16H,10,12-13,17-18H2,1-4H3,(H,32,33). The number of halogens is 1. The number of carbonyl (C=O) groups excluding carboxylic acids is 1. The van der Waals surface area contributed by atoms with Gasteiger partial charge in [-0.3, -0.25) is 9.78 Å². The Morgan fingerprint density at radius 1 is 1.18 bits per heavy atom. The van der Waals surface area contributed by atoms with Gasteiger partial charge in [-0.25, -0.2) is 9.37 Å². The van der Waals surface area contributed by atoms with Crippen LogP contribution in [0.2, 0.25) is 0 Å². The lowest BCUT2D eigenvalue weighted by Crippen LogP contribution is -2.23. The number of hydrogen-bond acceptors (Lipinski definition) is 7. The number of ether oxygens (including phenoxy) is 2. The first-order valence-electron chi connectivity index (χ1n) is 12.6. The highest BCUT2D eigenvalue weighted by Gasteiger charge is 2.34. The number of Topliss-reactive ketones (excluding diaryl/α,β-unsaturated/α-hetero) is 1. The Balaban J connectivity index is 1.34. The van der Waals surface area contributed by atoms with Crippen molar-refractivity contribution >= 4 is 28.5 Å².